The van der Waals surface area contributed by atoms with Gasteiger partial charge < -0.3 is 10.4 Å². The predicted molar refractivity (Wildman–Crippen MR) is 59.9 cm³/mol. The van der Waals surface area contributed by atoms with Crippen molar-refractivity contribution in [2.45, 2.75) is 25.3 Å². The van der Waals surface area contributed by atoms with Gasteiger partial charge in [0, 0.05) is 17.2 Å². The molecule has 1 amide bonds. The number of carbonyl (C=O) groups is 1. The van der Waals surface area contributed by atoms with Crippen LogP contribution < -0.4 is 5.32 Å². The SMILES string of the molecule is CC1(NC(=O)c2ccc([N+](=O)[O-])c(O)c2)CC1. The van der Waals surface area contributed by atoms with Crippen LogP contribution in [0.4, 0.5) is 5.69 Å². The monoisotopic (exact) mass is 236 g/mol. The molecule has 0 radical (unpaired) electrons. The lowest BCUT2D eigenvalue weighted by atomic mass is 10.1. The van der Waals surface area contributed by atoms with Crippen molar-refractivity contribution in [3.8, 4) is 5.75 Å². The summed E-state index contributed by atoms with van der Waals surface area (Å²) in [6.07, 6.45) is 1.86. The van der Waals surface area contributed by atoms with Crippen LogP contribution in [0.15, 0.2) is 18.2 Å². The van der Waals surface area contributed by atoms with Gasteiger partial charge in [-0.1, -0.05) is 0 Å². The van der Waals surface area contributed by atoms with E-state index >= 15 is 0 Å². The Morgan fingerprint density at radius 3 is 2.65 bits per heavy atom. The number of hydrogen-bond donors (Lipinski definition) is 2. The molecule has 2 rings (SSSR count). The molecule has 0 heterocycles. The first kappa shape index (κ1) is 11.4. The molecule has 1 aliphatic rings. The van der Waals surface area contributed by atoms with Gasteiger partial charge in [0.1, 0.15) is 0 Å². The summed E-state index contributed by atoms with van der Waals surface area (Å²) in [6, 6.07) is 3.57. The number of carbonyl (C=O) groups excluding carboxylic acids is 1. The van der Waals surface area contributed by atoms with E-state index in [1.165, 1.54) is 6.07 Å². The Bertz CT molecular complexity index is 494. The van der Waals surface area contributed by atoms with Crippen LogP contribution in [0, 0.1) is 10.1 Å². The average Bonchev–Trinajstić information content (AvgIpc) is 2.95. The Morgan fingerprint density at radius 2 is 2.18 bits per heavy atom. The molecule has 0 atom stereocenters. The van der Waals surface area contributed by atoms with Gasteiger partial charge in [0.15, 0.2) is 5.75 Å². The lowest BCUT2D eigenvalue weighted by Gasteiger charge is -2.11. The molecule has 1 fully saturated rings. The van der Waals surface area contributed by atoms with E-state index in [0.29, 0.717) is 0 Å². The number of benzene rings is 1. The van der Waals surface area contributed by atoms with Gasteiger partial charge in [-0.25, -0.2) is 0 Å². The zero-order chi connectivity index (χ0) is 12.6. The average molecular weight is 236 g/mol. The Morgan fingerprint density at radius 1 is 1.53 bits per heavy atom. The molecule has 1 aromatic carbocycles. The molecule has 17 heavy (non-hydrogen) atoms. The van der Waals surface area contributed by atoms with E-state index in [1.807, 2.05) is 6.92 Å². The second-order valence-electron chi connectivity index (χ2n) is 4.48. The third-order valence-electron chi connectivity index (χ3n) is 2.85. The lowest BCUT2D eigenvalue weighted by Crippen LogP contribution is -2.34. The van der Waals surface area contributed by atoms with Crippen LogP contribution in [-0.4, -0.2) is 21.5 Å². The van der Waals surface area contributed by atoms with E-state index in [-0.39, 0.29) is 17.0 Å². The van der Waals surface area contributed by atoms with Crippen LogP contribution in [0.2, 0.25) is 0 Å². The second-order valence-corrected chi connectivity index (χ2v) is 4.48. The number of nitrogens with zero attached hydrogens (tertiary/aromatic N) is 1. The van der Waals surface area contributed by atoms with Gasteiger partial charge >= 0.3 is 5.69 Å². The smallest absolute Gasteiger partial charge is 0.310 e. The number of nitrogens with one attached hydrogen (secondary N) is 1. The van der Waals surface area contributed by atoms with Gasteiger partial charge in [-0.2, -0.15) is 0 Å². The zero-order valence-corrected chi connectivity index (χ0v) is 9.27. The molecule has 0 aliphatic heterocycles. The minimum absolute atomic E-state index is 0.158. The number of amides is 1. The molecule has 0 saturated heterocycles. The first-order valence-electron chi connectivity index (χ1n) is 5.21. The topological polar surface area (TPSA) is 92.5 Å². The number of aromatic hydroxyl groups is 1. The van der Waals surface area contributed by atoms with E-state index in [2.05, 4.69) is 5.32 Å². The highest BCUT2D eigenvalue weighted by molar-refractivity contribution is 5.95. The molecular formula is C11H12N2O4. The van der Waals surface area contributed by atoms with Gasteiger partial charge in [-0.15, -0.1) is 0 Å². The molecule has 90 valence electrons. The van der Waals surface area contributed by atoms with Gasteiger partial charge in [-0.3, -0.25) is 14.9 Å². The molecular weight excluding hydrogens is 224 g/mol. The molecule has 0 aromatic heterocycles. The van der Waals surface area contributed by atoms with E-state index in [1.54, 1.807) is 0 Å². The first-order valence-corrected chi connectivity index (χ1v) is 5.21. The van der Waals surface area contributed by atoms with Gasteiger partial charge in [0.05, 0.1) is 4.92 Å². The number of rotatable bonds is 3. The van der Waals surface area contributed by atoms with E-state index in [0.717, 1.165) is 25.0 Å². The van der Waals surface area contributed by atoms with Gasteiger partial charge in [0.2, 0.25) is 0 Å². The van der Waals surface area contributed by atoms with Crippen molar-refractivity contribution < 1.29 is 14.8 Å². The summed E-state index contributed by atoms with van der Waals surface area (Å²) in [5.41, 5.74) is -0.338. The second kappa shape index (κ2) is 3.73. The number of nitro groups is 1. The number of phenolic OH excluding ortho intramolecular Hbond substituents is 1. The first-order chi connectivity index (χ1) is 7.91. The molecule has 1 saturated carbocycles. The standard InChI is InChI=1S/C11H12N2O4/c1-11(4-5-11)12-10(15)7-2-3-8(13(16)17)9(14)6-7/h2-3,6,14H,4-5H2,1H3,(H,12,15). The minimum atomic E-state index is -0.695. The number of phenols is 1. The maximum Gasteiger partial charge on any atom is 0.310 e. The minimum Gasteiger partial charge on any atom is -0.502 e. The highest BCUT2D eigenvalue weighted by atomic mass is 16.6. The largest absolute Gasteiger partial charge is 0.502 e. The third-order valence-corrected chi connectivity index (χ3v) is 2.85. The van der Waals surface area contributed by atoms with Crippen LogP contribution in [-0.2, 0) is 0 Å². The Kier molecular flexibility index (Phi) is 2.49. The Balaban J connectivity index is 2.19. The van der Waals surface area contributed by atoms with Crippen molar-refractivity contribution in [3.05, 3.63) is 33.9 Å². The van der Waals surface area contributed by atoms with Crippen molar-refractivity contribution in [1.82, 2.24) is 5.32 Å². The molecule has 0 bridgehead atoms. The zero-order valence-electron chi connectivity index (χ0n) is 9.27. The van der Waals surface area contributed by atoms with Crippen LogP contribution in [0.1, 0.15) is 30.1 Å². The van der Waals surface area contributed by atoms with E-state index in [9.17, 15) is 20.0 Å². The highest BCUT2D eigenvalue weighted by Gasteiger charge is 2.38. The molecule has 6 nitrogen and oxygen atoms in total. The fourth-order valence-electron chi connectivity index (χ4n) is 1.48. The lowest BCUT2D eigenvalue weighted by molar-refractivity contribution is -0.385. The Hall–Kier alpha value is -2.11. The molecule has 0 spiro atoms. The summed E-state index contributed by atoms with van der Waals surface area (Å²) in [7, 11) is 0. The van der Waals surface area contributed by atoms with Crippen LogP contribution in [0.3, 0.4) is 0 Å². The summed E-state index contributed by atoms with van der Waals surface area (Å²) in [5, 5.41) is 22.7. The van der Waals surface area contributed by atoms with Gasteiger partial charge in [-0.05, 0) is 31.9 Å². The number of hydrogen-bond acceptors (Lipinski definition) is 4. The quantitative estimate of drug-likeness (QED) is 0.615. The maximum absolute atomic E-state index is 11.7. The molecule has 1 aliphatic carbocycles. The molecule has 0 unspecified atom stereocenters. The summed E-state index contributed by atoms with van der Waals surface area (Å²) in [5.74, 6) is -0.821. The predicted octanol–water partition coefficient (Wildman–Crippen LogP) is 1.58. The van der Waals surface area contributed by atoms with Crippen LogP contribution in [0.25, 0.3) is 0 Å². The fourth-order valence-corrected chi connectivity index (χ4v) is 1.48. The Labute approximate surface area is 97.4 Å². The van der Waals surface area contributed by atoms with Crippen LogP contribution >= 0.6 is 0 Å². The van der Waals surface area contributed by atoms with Crippen molar-refractivity contribution in [2.75, 3.05) is 0 Å². The molecule has 6 heteroatoms. The maximum atomic E-state index is 11.7. The normalized spacial score (nSPS) is 16.3. The van der Waals surface area contributed by atoms with Crippen molar-refractivity contribution in [3.63, 3.8) is 0 Å². The molecule has 1 aromatic rings. The van der Waals surface area contributed by atoms with E-state index in [4.69, 9.17) is 0 Å². The highest BCUT2D eigenvalue weighted by Crippen LogP contribution is 2.35. The summed E-state index contributed by atoms with van der Waals surface area (Å²) in [4.78, 5) is 21.5. The third kappa shape index (κ3) is 2.35. The van der Waals surface area contributed by atoms with Gasteiger partial charge in [0.25, 0.3) is 5.91 Å². The van der Waals surface area contributed by atoms with Crippen molar-refractivity contribution in [2.24, 2.45) is 0 Å². The number of nitro benzene ring substituents is 1. The van der Waals surface area contributed by atoms with Crippen LogP contribution in [0.5, 0.6) is 5.75 Å². The van der Waals surface area contributed by atoms with Crippen molar-refractivity contribution >= 4 is 11.6 Å². The molecule has 2 N–H and O–H groups in total. The van der Waals surface area contributed by atoms with Crippen molar-refractivity contribution in [1.29, 1.82) is 0 Å². The fraction of sp³-hybridized carbons (Fsp3) is 0.364. The summed E-state index contributed by atoms with van der Waals surface area (Å²) < 4.78 is 0. The van der Waals surface area contributed by atoms with E-state index < -0.39 is 16.4 Å². The summed E-state index contributed by atoms with van der Waals surface area (Å²) >= 11 is 0. The summed E-state index contributed by atoms with van der Waals surface area (Å²) in [6.45, 7) is 1.93.